The zero-order valence-electron chi connectivity index (χ0n) is 14.7. The molecule has 3 heterocycles. The molecular weight excluding hydrogens is 349 g/mol. The molecule has 2 bridgehead atoms. The Morgan fingerprint density at radius 1 is 1.30 bits per heavy atom. The summed E-state index contributed by atoms with van der Waals surface area (Å²) in [7, 11) is 0. The second kappa shape index (κ2) is 7.14. The third-order valence-electron chi connectivity index (χ3n) is 4.48. The van der Waals surface area contributed by atoms with Gasteiger partial charge in [0.05, 0.1) is 12.2 Å². The maximum atomic E-state index is 13.6. The number of fused-ring (bicyclic) bond motifs is 5. The normalized spacial score (nSPS) is 17.1. The molecule has 4 rings (SSSR count). The number of halogens is 1. The van der Waals surface area contributed by atoms with Crippen LogP contribution >= 0.6 is 0 Å². The first-order valence-electron chi connectivity index (χ1n) is 8.72. The van der Waals surface area contributed by atoms with Gasteiger partial charge in [0.15, 0.2) is 5.82 Å². The number of ether oxygens (including phenoxy) is 1. The maximum absolute atomic E-state index is 13.6. The van der Waals surface area contributed by atoms with Gasteiger partial charge >= 0.3 is 0 Å². The molecule has 1 aliphatic rings. The minimum atomic E-state index is -0.453. The fourth-order valence-corrected chi connectivity index (χ4v) is 3.06. The molecule has 2 aromatic heterocycles. The summed E-state index contributed by atoms with van der Waals surface area (Å²) >= 11 is 0. The van der Waals surface area contributed by atoms with Crippen LogP contribution in [0.4, 0.5) is 10.2 Å². The molecule has 0 saturated heterocycles. The van der Waals surface area contributed by atoms with Crippen molar-refractivity contribution >= 4 is 11.7 Å². The Morgan fingerprint density at radius 2 is 2.19 bits per heavy atom. The lowest BCUT2D eigenvalue weighted by atomic mass is 10.1. The van der Waals surface area contributed by atoms with Crippen molar-refractivity contribution in [1.82, 2.24) is 19.7 Å². The quantitative estimate of drug-likeness (QED) is 0.658. The second-order valence-corrected chi connectivity index (χ2v) is 6.40. The van der Waals surface area contributed by atoms with E-state index in [9.17, 15) is 9.18 Å². The second-order valence-electron chi connectivity index (χ2n) is 6.40. The van der Waals surface area contributed by atoms with Gasteiger partial charge in [0.2, 0.25) is 0 Å². The van der Waals surface area contributed by atoms with Gasteiger partial charge in [-0.15, -0.1) is 10.2 Å². The molecule has 0 radical (unpaired) electrons. The van der Waals surface area contributed by atoms with Crippen LogP contribution in [0, 0.1) is 5.82 Å². The molecule has 0 aliphatic carbocycles. The van der Waals surface area contributed by atoms with Crippen molar-refractivity contribution in [2.75, 3.05) is 11.9 Å². The van der Waals surface area contributed by atoms with Crippen LogP contribution in [0.1, 0.15) is 36.2 Å². The van der Waals surface area contributed by atoms with Crippen molar-refractivity contribution < 1.29 is 13.9 Å². The highest BCUT2D eigenvalue weighted by atomic mass is 19.1. The van der Waals surface area contributed by atoms with Gasteiger partial charge in [-0.3, -0.25) is 4.79 Å². The maximum Gasteiger partial charge on any atom is 0.260 e. The van der Waals surface area contributed by atoms with E-state index in [1.54, 1.807) is 18.5 Å². The van der Waals surface area contributed by atoms with Crippen molar-refractivity contribution in [3.63, 3.8) is 0 Å². The van der Waals surface area contributed by atoms with Gasteiger partial charge in [0, 0.05) is 12.1 Å². The Bertz CT molecular complexity index is 988. The van der Waals surface area contributed by atoms with Crippen LogP contribution in [0.2, 0.25) is 0 Å². The van der Waals surface area contributed by atoms with E-state index < -0.39 is 11.7 Å². The van der Waals surface area contributed by atoms with Crippen LogP contribution in [0.15, 0.2) is 42.7 Å². The zero-order valence-corrected chi connectivity index (χ0v) is 14.7. The number of pyridine rings is 1. The number of carbonyl (C=O) groups excluding carboxylic acids is 1. The third kappa shape index (κ3) is 3.51. The topological polar surface area (TPSA) is 81.9 Å². The largest absolute Gasteiger partial charge is 0.493 e. The summed E-state index contributed by atoms with van der Waals surface area (Å²) in [5.41, 5.74) is 0.877. The number of rotatable bonds is 0. The molecule has 1 aliphatic heterocycles. The summed E-state index contributed by atoms with van der Waals surface area (Å²) in [6.07, 6.45) is 3.20. The minimum Gasteiger partial charge on any atom is -0.493 e. The van der Waals surface area contributed by atoms with Crippen LogP contribution in [0.5, 0.6) is 5.75 Å². The molecule has 3 aromatic rings. The standard InChI is InChI=1S/C19H18FN5O2/c1-12-4-3-9-27-16-10-13(20)7-8-14(16)19(26)23-17-6-2-5-15(22-17)18-24-21-11-25(12)18/h2,5-8,10-12H,3-4,9H2,1H3,(H,22,23,26)/t12-/m1/s1. The highest BCUT2D eigenvalue weighted by molar-refractivity contribution is 6.05. The molecular formula is C19H18FN5O2. The van der Waals surface area contributed by atoms with Crippen molar-refractivity contribution in [2.24, 2.45) is 0 Å². The summed E-state index contributed by atoms with van der Waals surface area (Å²) in [6, 6.07) is 9.30. The molecule has 0 fully saturated rings. The number of benzene rings is 1. The van der Waals surface area contributed by atoms with E-state index in [0.717, 1.165) is 12.8 Å². The molecule has 7 nitrogen and oxygen atoms in total. The molecule has 1 amide bonds. The monoisotopic (exact) mass is 367 g/mol. The SMILES string of the molecule is C[C@@H]1CCCOc2cc(F)ccc2C(=O)Nc2cccc(n2)-c2nncn21. The predicted octanol–water partition coefficient (Wildman–Crippen LogP) is 3.47. The summed E-state index contributed by atoms with van der Waals surface area (Å²) in [6.45, 7) is 2.44. The highest BCUT2D eigenvalue weighted by Gasteiger charge is 2.18. The molecule has 0 unspecified atom stereocenters. The first kappa shape index (κ1) is 17.1. The molecule has 1 N–H and O–H groups in total. The lowest BCUT2D eigenvalue weighted by molar-refractivity contribution is 0.102. The average molecular weight is 367 g/mol. The molecule has 0 spiro atoms. The Morgan fingerprint density at radius 3 is 3.07 bits per heavy atom. The molecule has 8 heteroatoms. The van der Waals surface area contributed by atoms with E-state index in [0.29, 0.717) is 23.9 Å². The van der Waals surface area contributed by atoms with E-state index in [1.807, 2.05) is 10.6 Å². The van der Waals surface area contributed by atoms with Gasteiger partial charge in [-0.05, 0) is 44.0 Å². The Labute approximate surface area is 155 Å². The predicted molar refractivity (Wildman–Crippen MR) is 97.0 cm³/mol. The molecule has 138 valence electrons. The smallest absolute Gasteiger partial charge is 0.260 e. The summed E-state index contributed by atoms with van der Waals surface area (Å²) in [4.78, 5) is 17.1. The van der Waals surface area contributed by atoms with Crippen LogP contribution in [-0.4, -0.2) is 32.3 Å². The number of nitrogens with one attached hydrogen (secondary N) is 1. The van der Waals surface area contributed by atoms with E-state index >= 15 is 0 Å². The van der Waals surface area contributed by atoms with Gasteiger partial charge in [-0.2, -0.15) is 0 Å². The number of hydrogen-bond donors (Lipinski definition) is 1. The van der Waals surface area contributed by atoms with Crippen molar-refractivity contribution in [3.05, 3.63) is 54.1 Å². The Balaban J connectivity index is 1.76. The zero-order chi connectivity index (χ0) is 18.8. The summed E-state index contributed by atoms with van der Waals surface area (Å²) < 4.78 is 21.3. The van der Waals surface area contributed by atoms with Crippen LogP contribution in [-0.2, 0) is 0 Å². The number of anilines is 1. The molecule has 1 aromatic carbocycles. The third-order valence-corrected chi connectivity index (χ3v) is 4.48. The number of hydrogen-bond acceptors (Lipinski definition) is 5. The molecule has 0 saturated carbocycles. The Kier molecular flexibility index (Phi) is 4.53. The highest BCUT2D eigenvalue weighted by Crippen LogP contribution is 2.25. The van der Waals surface area contributed by atoms with Gasteiger partial charge in [0.25, 0.3) is 5.91 Å². The van der Waals surface area contributed by atoms with Crippen molar-refractivity contribution in [2.45, 2.75) is 25.8 Å². The lowest BCUT2D eigenvalue weighted by Crippen LogP contribution is -2.16. The van der Waals surface area contributed by atoms with Gasteiger partial charge in [-0.25, -0.2) is 9.37 Å². The van der Waals surface area contributed by atoms with E-state index in [-0.39, 0.29) is 17.4 Å². The van der Waals surface area contributed by atoms with Crippen LogP contribution in [0.25, 0.3) is 11.5 Å². The lowest BCUT2D eigenvalue weighted by Gasteiger charge is -2.17. The number of carbonyl (C=O) groups is 1. The Hall–Kier alpha value is -3.29. The number of amides is 1. The minimum absolute atomic E-state index is 0.133. The summed E-state index contributed by atoms with van der Waals surface area (Å²) in [5, 5.41) is 10.9. The molecule has 1 atom stereocenters. The number of nitrogens with zero attached hydrogens (tertiary/aromatic N) is 4. The first-order valence-corrected chi connectivity index (χ1v) is 8.72. The van der Waals surface area contributed by atoms with E-state index in [2.05, 4.69) is 27.4 Å². The summed E-state index contributed by atoms with van der Waals surface area (Å²) in [5.74, 6) is 0.358. The van der Waals surface area contributed by atoms with E-state index in [4.69, 9.17) is 4.74 Å². The van der Waals surface area contributed by atoms with Gasteiger partial charge in [0.1, 0.15) is 29.4 Å². The molecule has 27 heavy (non-hydrogen) atoms. The van der Waals surface area contributed by atoms with Crippen molar-refractivity contribution in [1.29, 1.82) is 0 Å². The number of aromatic nitrogens is 4. The van der Waals surface area contributed by atoms with Crippen LogP contribution in [0.3, 0.4) is 0 Å². The fraction of sp³-hybridized carbons (Fsp3) is 0.263. The average Bonchev–Trinajstić information content (AvgIpc) is 3.14. The van der Waals surface area contributed by atoms with E-state index in [1.165, 1.54) is 18.2 Å². The fourth-order valence-electron chi connectivity index (χ4n) is 3.06. The van der Waals surface area contributed by atoms with Gasteiger partial charge < -0.3 is 14.6 Å². The van der Waals surface area contributed by atoms with Crippen molar-refractivity contribution in [3.8, 4) is 17.3 Å². The van der Waals surface area contributed by atoms with Crippen LogP contribution < -0.4 is 10.1 Å². The first-order chi connectivity index (χ1) is 13.1. The van der Waals surface area contributed by atoms with Gasteiger partial charge in [-0.1, -0.05) is 6.07 Å².